The van der Waals surface area contributed by atoms with Gasteiger partial charge in [-0.2, -0.15) is 0 Å². The fourth-order valence-electron chi connectivity index (χ4n) is 4.45. The van der Waals surface area contributed by atoms with Crippen LogP contribution in [0.5, 0.6) is 11.5 Å². The van der Waals surface area contributed by atoms with E-state index >= 15 is 0 Å². The van der Waals surface area contributed by atoms with Crippen LogP contribution >= 0.6 is 15.9 Å². The average molecular weight is 528 g/mol. The van der Waals surface area contributed by atoms with Gasteiger partial charge in [-0.25, -0.2) is 4.98 Å². The first-order chi connectivity index (χ1) is 16.5. The number of aromatic nitrogens is 2. The van der Waals surface area contributed by atoms with Crippen LogP contribution in [0.1, 0.15) is 52.7 Å². The van der Waals surface area contributed by atoms with Crippen LogP contribution in [0.4, 0.5) is 0 Å². The van der Waals surface area contributed by atoms with E-state index in [1.807, 2.05) is 30.5 Å². The first kappa shape index (κ1) is 23.6. The third-order valence-electron chi connectivity index (χ3n) is 6.48. The Morgan fingerprint density at radius 2 is 1.40 bits per heavy atom. The molecule has 35 heavy (non-hydrogen) atoms. The first-order valence-electron chi connectivity index (χ1n) is 12.0. The van der Waals surface area contributed by atoms with Crippen LogP contribution in [0.3, 0.4) is 0 Å². The van der Waals surface area contributed by atoms with E-state index in [-0.39, 0.29) is 10.8 Å². The van der Waals surface area contributed by atoms with Crippen molar-refractivity contribution in [2.75, 3.05) is 0 Å². The van der Waals surface area contributed by atoms with Crippen molar-refractivity contribution in [2.45, 2.75) is 52.4 Å². The molecule has 3 aromatic carbocycles. The third-order valence-corrected chi connectivity index (χ3v) is 6.97. The average Bonchev–Trinajstić information content (AvgIpc) is 3.11. The first-order valence-corrected chi connectivity index (χ1v) is 12.8. The summed E-state index contributed by atoms with van der Waals surface area (Å²) in [5.74, 6) is 2.51. The lowest BCUT2D eigenvalue weighted by atomic mass is 9.86. The normalized spacial score (nSPS) is 12.4. The molecular formula is C31H31BrN2O. The lowest BCUT2D eigenvalue weighted by Crippen LogP contribution is -2.12. The van der Waals surface area contributed by atoms with Crippen LogP contribution < -0.4 is 4.74 Å². The molecule has 0 fully saturated rings. The van der Waals surface area contributed by atoms with Crippen LogP contribution in [-0.4, -0.2) is 9.55 Å². The van der Waals surface area contributed by atoms with Gasteiger partial charge >= 0.3 is 0 Å². The number of fused-ring (bicyclic) bond motifs is 3. The Labute approximate surface area is 215 Å². The predicted molar refractivity (Wildman–Crippen MR) is 150 cm³/mol. The van der Waals surface area contributed by atoms with Crippen molar-refractivity contribution >= 4 is 37.7 Å². The molecule has 0 aliphatic carbocycles. The van der Waals surface area contributed by atoms with Crippen molar-refractivity contribution in [1.82, 2.24) is 9.55 Å². The lowest BCUT2D eigenvalue weighted by molar-refractivity contribution is 0.483. The van der Waals surface area contributed by atoms with Crippen molar-refractivity contribution in [2.24, 2.45) is 0 Å². The number of ether oxygens (including phenoxy) is 1. The van der Waals surface area contributed by atoms with Gasteiger partial charge in [0.25, 0.3) is 0 Å². The van der Waals surface area contributed by atoms with E-state index in [9.17, 15) is 0 Å². The van der Waals surface area contributed by atoms with E-state index in [1.165, 1.54) is 21.9 Å². The van der Waals surface area contributed by atoms with E-state index in [1.54, 1.807) is 0 Å². The highest BCUT2D eigenvalue weighted by Gasteiger charge is 2.20. The minimum absolute atomic E-state index is 0.0326. The van der Waals surface area contributed by atoms with Crippen LogP contribution in [-0.2, 0) is 10.8 Å². The second-order valence-electron chi connectivity index (χ2n) is 11.2. The van der Waals surface area contributed by atoms with Crippen LogP contribution in [0.2, 0.25) is 0 Å². The minimum atomic E-state index is 0.0326. The van der Waals surface area contributed by atoms with E-state index in [0.29, 0.717) is 0 Å². The van der Waals surface area contributed by atoms with E-state index in [2.05, 4.69) is 111 Å². The predicted octanol–water partition coefficient (Wildman–Crippen LogP) is 9.33. The maximum Gasteiger partial charge on any atom is 0.137 e. The van der Waals surface area contributed by atoms with Gasteiger partial charge in [-0.1, -0.05) is 69.6 Å². The van der Waals surface area contributed by atoms with Gasteiger partial charge in [0.15, 0.2) is 0 Å². The van der Waals surface area contributed by atoms with Gasteiger partial charge in [-0.05, 0) is 76.6 Å². The number of hydrogen-bond acceptors (Lipinski definition) is 2. The fraction of sp³-hybridized carbons (Fsp3) is 0.258. The number of nitrogens with zero attached hydrogens (tertiary/aromatic N) is 2. The highest BCUT2D eigenvalue weighted by atomic mass is 79.9. The van der Waals surface area contributed by atoms with Gasteiger partial charge in [0.05, 0.1) is 11.0 Å². The van der Waals surface area contributed by atoms with Crippen molar-refractivity contribution < 1.29 is 4.74 Å². The molecule has 0 saturated carbocycles. The smallest absolute Gasteiger partial charge is 0.137 e. The molecule has 2 aromatic heterocycles. The van der Waals surface area contributed by atoms with E-state index < -0.39 is 0 Å². The van der Waals surface area contributed by atoms with Gasteiger partial charge in [0, 0.05) is 27.5 Å². The molecule has 0 radical (unpaired) electrons. The molecule has 4 heteroatoms. The van der Waals surface area contributed by atoms with Gasteiger partial charge in [-0.15, -0.1) is 0 Å². The Morgan fingerprint density at radius 3 is 2.11 bits per heavy atom. The van der Waals surface area contributed by atoms with Gasteiger partial charge in [0.2, 0.25) is 0 Å². The van der Waals surface area contributed by atoms with Crippen LogP contribution in [0, 0.1) is 0 Å². The molecule has 0 aliphatic heterocycles. The van der Waals surface area contributed by atoms with Gasteiger partial charge in [-0.3, -0.25) is 4.57 Å². The quantitative estimate of drug-likeness (QED) is 0.234. The zero-order valence-electron chi connectivity index (χ0n) is 21.2. The zero-order chi connectivity index (χ0) is 25.0. The molecule has 0 unspecified atom stereocenters. The maximum absolute atomic E-state index is 6.25. The molecule has 5 aromatic rings. The third kappa shape index (κ3) is 4.60. The number of pyridine rings is 1. The highest BCUT2D eigenvalue weighted by molar-refractivity contribution is 9.10. The molecule has 0 atom stereocenters. The standard InChI is InChI=1S/C31H31BrN2O/c1-30(2,3)20-10-13-27-26(16-20)25-12-11-24(35-23-9-7-8-22(32)18-23)19-28(25)34(27)29-17-21(14-15-33-29)31(4,5)6/h7-19H,1-6H3. The Bertz CT molecular complexity index is 1550. The molecule has 0 bridgehead atoms. The highest BCUT2D eigenvalue weighted by Crippen LogP contribution is 2.38. The van der Waals surface area contributed by atoms with Crippen molar-refractivity contribution in [1.29, 1.82) is 0 Å². The Morgan fingerprint density at radius 1 is 0.686 bits per heavy atom. The summed E-state index contributed by atoms with van der Waals surface area (Å²) in [5.41, 5.74) is 4.89. The molecule has 0 amide bonds. The van der Waals surface area contributed by atoms with Crippen molar-refractivity contribution in [3.8, 4) is 17.3 Å². The van der Waals surface area contributed by atoms with E-state index in [0.717, 1.165) is 32.8 Å². The summed E-state index contributed by atoms with van der Waals surface area (Å²) in [7, 11) is 0. The summed E-state index contributed by atoms with van der Waals surface area (Å²) in [6.45, 7) is 13.5. The van der Waals surface area contributed by atoms with Crippen LogP contribution in [0.15, 0.2) is 83.5 Å². The molecule has 3 nitrogen and oxygen atoms in total. The second-order valence-corrected chi connectivity index (χ2v) is 12.1. The van der Waals surface area contributed by atoms with Crippen LogP contribution in [0.25, 0.3) is 27.6 Å². The molecule has 0 N–H and O–H groups in total. The van der Waals surface area contributed by atoms with E-state index in [4.69, 9.17) is 9.72 Å². The van der Waals surface area contributed by atoms with Gasteiger partial charge < -0.3 is 4.74 Å². The summed E-state index contributed by atoms with van der Waals surface area (Å²) >= 11 is 3.53. The summed E-state index contributed by atoms with van der Waals surface area (Å²) < 4.78 is 9.50. The molecule has 5 rings (SSSR count). The Balaban J connectivity index is 1.76. The summed E-state index contributed by atoms with van der Waals surface area (Å²) in [6.07, 6.45) is 1.92. The summed E-state index contributed by atoms with van der Waals surface area (Å²) in [4.78, 5) is 4.81. The zero-order valence-corrected chi connectivity index (χ0v) is 22.8. The second kappa shape index (κ2) is 8.53. The molecular weight excluding hydrogens is 496 g/mol. The number of benzene rings is 3. The molecule has 2 heterocycles. The largest absolute Gasteiger partial charge is 0.457 e. The fourth-order valence-corrected chi connectivity index (χ4v) is 4.83. The SMILES string of the molecule is CC(C)(C)c1ccnc(-n2c3ccc(C(C)(C)C)cc3c3ccc(Oc4cccc(Br)c4)cc32)c1. The molecule has 0 spiro atoms. The minimum Gasteiger partial charge on any atom is -0.457 e. The van der Waals surface area contributed by atoms with Crippen molar-refractivity contribution in [3.05, 3.63) is 94.6 Å². The molecule has 178 valence electrons. The summed E-state index contributed by atoms with van der Waals surface area (Å²) in [6, 6.07) is 25.4. The maximum atomic E-state index is 6.25. The summed E-state index contributed by atoms with van der Waals surface area (Å²) in [5, 5.41) is 2.42. The monoisotopic (exact) mass is 526 g/mol. The topological polar surface area (TPSA) is 27.1 Å². The number of rotatable bonds is 3. The molecule has 0 aliphatic rings. The van der Waals surface area contributed by atoms with Gasteiger partial charge in [0.1, 0.15) is 17.3 Å². The lowest BCUT2D eigenvalue weighted by Gasteiger charge is -2.20. The Hall–Kier alpha value is -3.11. The van der Waals surface area contributed by atoms with Crippen molar-refractivity contribution in [3.63, 3.8) is 0 Å². The number of hydrogen-bond donors (Lipinski definition) is 0. The molecule has 0 saturated heterocycles. The number of halogens is 1. The Kier molecular flexibility index (Phi) is 5.76.